The topological polar surface area (TPSA) is 100 Å². The highest BCUT2D eigenvalue weighted by Crippen LogP contribution is 2.33. The number of aryl methyl sites for hydroxylation is 1. The zero-order valence-corrected chi connectivity index (χ0v) is 17.8. The molecule has 2 aliphatic rings. The van der Waals surface area contributed by atoms with Crippen LogP contribution in [0.1, 0.15) is 29.9 Å². The first kappa shape index (κ1) is 21.0. The van der Waals surface area contributed by atoms with Crippen LogP contribution in [0.2, 0.25) is 0 Å². The molecule has 2 fully saturated rings. The van der Waals surface area contributed by atoms with Crippen molar-refractivity contribution in [3.05, 3.63) is 59.2 Å². The Kier molecular flexibility index (Phi) is 5.27. The summed E-state index contributed by atoms with van der Waals surface area (Å²) in [5.74, 6) is -3.30. The highest BCUT2D eigenvalue weighted by molar-refractivity contribution is 6.01. The van der Waals surface area contributed by atoms with Gasteiger partial charge in [0.15, 0.2) is 0 Å². The van der Waals surface area contributed by atoms with Gasteiger partial charge in [0.1, 0.15) is 11.6 Å². The Balaban J connectivity index is 1.22. The van der Waals surface area contributed by atoms with Gasteiger partial charge in [0, 0.05) is 36.3 Å². The molecule has 33 heavy (non-hydrogen) atoms. The average Bonchev–Trinajstić information content (AvgIpc) is 3.20. The van der Waals surface area contributed by atoms with Crippen LogP contribution < -0.4 is 15.5 Å². The summed E-state index contributed by atoms with van der Waals surface area (Å²) in [6, 6.07) is 10.4. The van der Waals surface area contributed by atoms with Gasteiger partial charge in [-0.2, -0.15) is 0 Å². The Morgan fingerprint density at radius 2 is 1.79 bits per heavy atom. The first-order valence-corrected chi connectivity index (χ1v) is 10.6. The average molecular weight is 453 g/mol. The first-order chi connectivity index (χ1) is 15.9. The Hall–Kier alpha value is -3.82. The van der Waals surface area contributed by atoms with Crippen LogP contribution in [0.5, 0.6) is 0 Å². The summed E-state index contributed by atoms with van der Waals surface area (Å²) >= 11 is 0. The fourth-order valence-electron chi connectivity index (χ4n) is 4.11. The smallest absolute Gasteiger partial charge is 0.316 e. The molecule has 0 spiro atoms. The van der Waals surface area contributed by atoms with Gasteiger partial charge in [0.2, 0.25) is 17.7 Å². The van der Waals surface area contributed by atoms with Crippen molar-refractivity contribution in [2.24, 2.45) is 0 Å². The van der Waals surface area contributed by atoms with Crippen molar-refractivity contribution in [3.63, 3.8) is 0 Å². The number of benzene rings is 2. The number of aromatic nitrogens is 2. The summed E-state index contributed by atoms with van der Waals surface area (Å²) in [5.41, 5.74) is 2.03. The third-order valence-electron chi connectivity index (χ3n) is 5.95. The molecule has 5 rings (SSSR count). The number of carbonyl (C=O) groups excluding carboxylic acids is 2. The third kappa shape index (κ3) is 4.15. The lowest BCUT2D eigenvalue weighted by Gasteiger charge is -2.41. The number of hydrogen-bond acceptors (Lipinski definition) is 7. The van der Waals surface area contributed by atoms with E-state index in [4.69, 9.17) is 4.42 Å². The maximum absolute atomic E-state index is 14.7. The van der Waals surface area contributed by atoms with Crippen molar-refractivity contribution < 1.29 is 22.8 Å². The molecule has 1 atom stereocenters. The van der Waals surface area contributed by atoms with Crippen LogP contribution in [-0.2, 0) is 9.59 Å². The molecule has 3 aromatic rings. The van der Waals surface area contributed by atoms with Crippen molar-refractivity contribution in [1.82, 2.24) is 15.5 Å². The largest absolute Gasteiger partial charge is 0.403 e. The molecule has 2 amide bonds. The van der Waals surface area contributed by atoms with Crippen LogP contribution >= 0.6 is 0 Å². The normalized spacial score (nSPS) is 18.8. The van der Waals surface area contributed by atoms with Crippen molar-refractivity contribution >= 4 is 23.5 Å². The van der Waals surface area contributed by atoms with E-state index in [1.165, 1.54) is 12.1 Å². The summed E-state index contributed by atoms with van der Waals surface area (Å²) in [5, 5.41) is 13.3. The molecule has 2 aliphatic heterocycles. The van der Waals surface area contributed by atoms with Gasteiger partial charge in [-0.15, -0.1) is 5.10 Å². The minimum atomic E-state index is -1.01. The van der Waals surface area contributed by atoms with E-state index in [2.05, 4.69) is 20.8 Å². The second-order valence-electron chi connectivity index (χ2n) is 8.35. The molecule has 8 nitrogen and oxygen atoms in total. The van der Waals surface area contributed by atoms with Gasteiger partial charge in [0.25, 0.3) is 0 Å². The van der Waals surface area contributed by atoms with Crippen LogP contribution in [0.3, 0.4) is 0 Å². The minimum Gasteiger partial charge on any atom is -0.403 e. The highest BCUT2D eigenvalue weighted by Gasteiger charge is 2.34. The predicted octanol–water partition coefficient (Wildman–Crippen LogP) is 3.14. The molecule has 1 unspecified atom stereocenters. The maximum Gasteiger partial charge on any atom is 0.316 e. The monoisotopic (exact) mass is 453 g/mol. The molecule has 0 radical (unpaired) electrons. The minimum absolute atomic E-state index is 0.0303. The molecule has 0 aliphatic carbocycles. The number of nitrogens with zero attached hydrogens (tertiary/aromatic N) is 3. The van der Waals surface area contributed by atoms with Crippen LogP contribution in [0.25, 0.3) is 11.5 Å². The van der Waals surface area contributed by atoms with Gasteiger partial charge in [0.05, 0.1) is 12.0 Å². The van der Waals surface area contributed by atoms with E-state index < -0.39 is 29.4 Å². The van der Waals surface area contributed by atoms with E-state index >= 15 is 0 Å². The van der Waals surface area contributed by atoms with Gasteiger partial charge in [-0.1, -0.05) is 22.8 Å². The van der Waals surface area contributed by atoms with E-state index in [1.54, 1.807) is 4.90 Å². The number of carbonyl (C=O) groups is 2. The summed E-state index contributed by atoms with van der Waals surface area (Å²) in [4.78, 5) is 25.1. The summed E-state index contributed by atoms with van der Waals surface area (Å²) in [6.45, 7) is 2.96. The van der Waals surface area contributed by atoms with E-state index in [0.717, 1.165) is 11.1 Å². The molecular formula is C23H21F2N5O3. The number of imide groups is 1. The molecule has 10 heteroatoms. The lowest BCUT2D eigenvalue weighted by atomic mass is 9.89. The quantitative estimate of drug-likeness (QED) is 0.573. The molecule has 2 aromatic carbocycles. The molecule has 170 valence electrons. The molecule has 2 saturated heterocycles. The Morgan fingerprint density at radius 1 is 1.09 bits per heavy atom. The number of rotatable bonds is 5. The van der Waals surface area contributed by atoms with E-state index in [1.807, 2.05) is 31.2 Å². The van der Waals surface area contributed by atoms with Crippen molar-refractivity contribution in [1.29, 1.82) is 0 Å². The number of piperidine rings is 1. The highest BCUT2D eigenvalue weighted by atomic mass is 19.1. The van der Waals surface area contributed by atoms with Gasteiger partial charge in [-0.05, 0) is 37.6 Å². The summed E-state index contributed by atoms with van der Waals surface area (Å²) in [6.07, 6.45) is 0.139. The molecule has 0 bridgehead atoms. The zero-order chi connectivity index (χ0) is 23.1. The van der Waals surface area contributed by atoms with Crippen LogP contribution in [-0.4, -0.2) is 41.1 Å². The Morgan fingerprint density at radius 3 is 2.45 bits per heavy atom. The standard InChI is InChI=1S/C23H21F2N5O3/c1-12-2-4-13(5-3-12)22-28-29-23(33-22)26-14-10-30(11-14)15-8-17(24)20(18(25)9-15)16-6-7-19(31)27-21(16)32/h2-5,8-9,14,16H,6-7,10-11H2,1H3,(H,26,29)(H,27,31,32). The fraction of sp³-hybridized carbons (Fsp3) is 0.304. The van der Waals surface area contributed by atoms with Crippen molar-refractivity contribution in [2.75, 3.05) is 23.3 Å². The number of anilines is 2. The second-order valence-corrected chi connectivity index (χ2v) is 8.35. The number of halogens is 2. The van der Waals surface area contributed by atoms with Gasteiger partial charge in [-0.25, -0.2) is 8.78 Å². The molecule has 1 aromatic heterocycles. The predicted molar refractivity (Wildman–Crippen MR) is 116 cm³/mol. The van der Waals surface area contributed by atoms with Crippen molar-refractivity contribution in [3.8, 4) is 11.5 Å². The fourth-order valence-corrected chi connectivity index (χ4v) is 4.11. The maximum atomic E-state index is 14.7. The van der Waals surface area contributed by atoms with Crippen LogP contribution in [0, 0.1) is 18.6 Å². The summed E-state index contributed by atoms with van der Waals surface area (Å²) < 4.78 is 35.1. The van der Waals surface area contributed by atoms with E-state index in [-0.39, 0.29) is 30.5 Å². The van der Waals surface area contributed by atoms with E-state index in [0.29, 0.717) is 24.7 Å². The molecule has 2 N–H and O–H groups in total. The second kappa shape index (κ2) is 8.27. The number of nitrogens with one attached hydrogen (secondary N) is 2. The Labute approximate surface area is 188 Å². The molecule has 0 saturated carbocycles. The Bertz CT molecular complexity index is 1200. The lowest BCUT2D eigenvalue weighted by Crippen LogP contribution is -2.55. The van der Waals surface area contributed by atoms with Gasteiger partial charge < -0.3 is 14.6 Å². The molecule has 3 heterocycles. The van der Waals surface area contributed by atoms with Crippen molar-refractivity contribution in [2.45, 2.75) is 31.7 Å². The van der Waals surface area contributed by atoms with E-state index in [9.17, 15) is 18.4 Å². The number of hydrogen-bond donors (Lipinski definition) is 2. The first-order valence-electron chi connectivity index (χ1n) is 10.6. The van der Waals surface area contributed by atoms with Gasteiger partial charge >= 0.3 is 6.01 Å². The lowest BCUT2D eigenvalue weighted by molar-refractivity contribution is -0.134. The number of amides is 2. The zero-order valence-electron chi connectivity index (χ0n) is 17.8. The SMILES string of the molecule is Cc1ccc(-c2nnc(NC3CN(c4cc(F)c(C5CCC(=O)NC5=O)c(F)c4)C3)o2)cc1. The van der Waals surface area contributed by atoms with Gasteiger partial charge in [-0.3, -0.25) is 14.9 Å². The molecular weight excluding hydrogens is 432 g/mol. The third-order valence-corrected chi connectivity index (χ3v) is 5.95. The summed E-state index contributed by atoms with van der Waals surface area (Å²) in [7, 11) is 0. The van der Waals surface area contributed by atoms with Crippen LogP contribution in [0.15, 0.2) is 40.8 Å². The van der Waals surface area contributed by atoms with Crippen LogP contribution in [0.4, 0.5) is 20.5 Å².